The third-order valence-electron chi connectivity index (χ3n) is 3.24. The third kappa shape index (κ3) is 2.93. The van der Waals surface area contributed by atoms with E-state index in [0.29, 0.717) is 12.1 Å². The maximum atomic E-state index is 12.4. The minimum Gasteiger partial charge on any atom is -0.479 e. The summed E-state index contributed by atoms with van der Waals surface area (Å²) in [4.78, 5) is 24.8. The minimum atomic E-state index is -1.03. The number of hydrogen-bond donors (Lipinski definition) is 1. The van der Waals surface area contributed by atoms with Crippen LogP contribution in [0.3, 0.4) is 0 Å². The van der Waals surface area contributed by atoms with Crippen molar-refractivity contribution in [2.24, 2.45) is 0 Å². The van der Waals surface area contributed by atoms with Gasteiger partial charge in [0.25, 0.3) is 5.91 Å². The second-order valence-corrected chi connectivity index (χ2v) is 4.77. The van der Waals surface area contributed by atoms with Gasteiger partial charge in [0.1, 0.15) is 0 Å². The van der Waals surface area contributed by atoms with E-state index in [1.165, 1.54) is 0 Å². The van der Waals surface area contributed by atoms with Crippen LogP contribution in [0, 0.1) is 13.8 Å². The lowest BCUT2D eigenvalue weighted by Crippen LogP contribution is -2.48. The standard InChI is InChI=1S/C14H17NO4/c1-9-3-4-11(10(2)7-9)13(16)15-5-6-19-12(8-15)14(17)18/h3-4,7,12H,5-6,8H2,1-2H3,(H,17,18). The summed E-state index contributed by atoms with van der Waals surface area (Å²) < 4.78 is 5.11. The van der Waals surface area contributed by atoms with Crippen LogP contribution in [0.2, 0.25) is 0 Å². The Morgan fingerprint density at radius 1 is 1.37 bits per heavy atom. The van der Waals surface area contributed by atoms with Crippen LogP contribution in [-0.4, -0.2) is 47.7 Å². The summed E-state index contributed by atoms with van der Waals surface area (Å²) in [5, 5.41) is 8.94. The van der Waals surface area contributed by atoms with Crippen LogP contribution in [0.4, 0.5) is 0 Å². The van der Waals surface area contributed by atoms with Crippen molar-refractivity contribution in [2.75, 3.05) is 19.7 Å². The van der Waals surface area contributed by atoms with Gasteiger partial charge in [-0.15, -0.1) is 0 Å². The fourth-order valence-corrected chi connectivity index (χ4v) is 2.21. The molecule has 1 N–H and O–H groups in total. The Labute approximate surface area is 111 Å². The molecule has 0 spiro atoms. The zero-order chi connectivity index (χ0) is 14.0. The van der Waals surface area contributed by atoms with E-state index in [9.17, 15) is 9.59 Å². The zero-order valence-electron chi connectivity index (χ0n) is 11.0. The molecular weight excluding hydrogens is 246 g/mol. The number of carboxylic acids is 1. The molecule has 0 radical (unpaired) electrons. The van der Waals surface area contributed by atoms with Crippen molar-refractivity contribution in [1.82, 2.24) is 4.90 Å². The topological polar surface area (TPSA) is 66.8 Å². The maximum absolute atomic E-state index is 12.4. The first kappa shape index (κ1) is 13.5. The normalized spacial score (nSPS) is 19.3. The van der Waals surface area contributed by atoms with Crippen LogP contribution in [-0.2, 0) is 9.53 Å². The van der Waals surface area contributed by atoms with E-state index in [-0.39, 0.29) is 19.1 Å². The van der Waals surface area contributed by atoms with Crippen molar-refractivity contribution in [1.29, 1.82) is 0 Å². The first-order valence-electron chi connectivity index (χ1n) is 6.20. The molecule has 1 saturated heterocycles. The van der Waals surface area contributed by atoms with Crippen molar-refractivity contribution in [3.8, 4) is 0 Å². The van der Waals surface area contributed by atoms with E-state index < -0.39 is 12.1 Å². The van der Waals surface area contributed by atoms with Crippen LogP contribution in [0.15, 0.2) is 18.2 Å². The number of carbonyl (C=O) groups excluding carboxylic acids is 1. The van der Waals surface area contributed by atoms with Crippen molar-refractivity contribution in [3.63, 3.8) is 0 Å². The molecule has 1 amide bonds. The third-order valence-corrected chi connectivity index (χ3v) is 3.24. The lowest BCUT2D eigenvalue weighted by atomic mass is 10.0. The summed E-state index contributed by atoms with van der Waals surface area (Å²) in [7, 11) is 0. The number of rotatable bonds is 2. The summed E-state index contributed by atoms with van der Waals surface area (Å²) in [5.41, 5.74) is 2.62. The number of carboxylic acid groups (broad SMARTS) is 1. The predicted octanol–water partition coefficient (Wildman–Crippen LogP) is 1.23. The Kier molecular flexibility index (Phi) is 3.85. The molecule has 1 aliphatic rings. The number of aryl methyl sites for hydroxylation is 2. The van der Waals surface area contributed by atoms with Crippen LogP contribution < -0.4 is 0 Å². The molecule has 1 aromatic carbocycles. The number of carbonyl (C=O) groups is 2. The molecule has 1 heterocycles. The van der Waals surface area contributed by atoms with Gasteiger partial charge in [-0.1, -0.05) is 17.7 Å². The van der Waals surface area contributed by atoms with Crippen molar-refractivity contribution >= 4 is 11.9 Å². The fraction of sp³-hybridized carbons (Fsp3) is 0.429. The first-order valence-corrected chi connectivity index (χ1v) is 6.20. The van der Waals surface area contributed by atoms with E-state index in [1.807, 2.05) is 26.0 Å². The van der Waals surface area contributed by atoms with Gasteiger partial charge >= 0.3 is 5.97 Å². The van der Waals surface area contributed by atoms with E-state index in [2.05, 4.69) is 0 Å². The Balaban J connectivity index is 2.17. The van der Waals surface area contributed by atoms with Gasteiger partial charge < -0.3 is 14.7 Å². The molecular formula is C14H17NO4. The minimum absolute atomic E-state index is 0.0987. The highest BCUT2D eigenvalue weighted by molar-refractivity contribution is 5.96. The molecule has 102 valence electrons. The van der Waals surface area contributed by atoms with Crippen LogP contribution in [0.25, 0.3) is 0 Å². The molecule has 0 bridgehead atoms. The van der Waals surface area contributed by atoms with Crippen LogP contribution in [0.1, 0.15) is 21.5 Å². The molecule has 0 saturated carbocycles. The Hall–Kier alpha value is -1.88. The Morgan fingerprint density at radius 2 is 2.11 bits per heavy atom. The molecule has 5 nitrogen and oxygen atoms in total. The van der Waals surface area contributed by atoms with E-state index in [1.54, 1.807) is 11.0 Å². The smallest absolute Gasteiger partial charge is 0.334 e. The highest BCUT2D eigenvalue weighted by atomic mass is 16.5. The first-order chi connectivity index (χ1) is 8.99. The van der Waals surface area contributed by atoms with Gasteiger partial charge in [0, 0.05) is 12.1 Å². The number of ether oxygens (including phenoxy) is 1. The predicted molar refractivity (Wildman–Crippen MR) is 69.2 cm³/mol. The largest absolute Gasteiger partial charge is 0.479 e. The van der Waals surface area contributed by atoms with Gasteiger partial charge in [0.15, 0.2) is 6.10 Å². The van der Waals surface area contributed by atoms with Gasteiger partial charge in [-0.25, -0.2) is 4.79 Å². The quantitative estimate of drug-likeness (QED) is 0.871. The van der Waals surface area contributed by atoms with E-state index in [0.717, 1.165) is 11.1 Å². The Bertz CT molecular complexity index is 512. The molecule has 5 heteroatoms. The average molecular weight is 263 g/mol. The molecule has 0 aromatic heterocycles. The number of morpholine rings is 1. The molecule has 1 fully saturated rings. The molecule has 0 aliphatic carbocycles. The van der Waals surface area contributed by atoms with Gasteiger partial charge in [0.05, 0.1) is 13.2 Å². The molecule has 1 unspecified atom stereocenters. The number of nitrogens with zero attached hydrogens (tertiary/aromatic N) is 1. The van der Waals surface area contributed by atoms with Crippen molar-refractivity contribution < 1.29 is 19.4 Å². The SMILES string of the molecule is Cc1ccc(C(=O)N2CCOC(C(=O)O)C2)c(C)c1. The highest BCUT2D eigenvalue weighted by Crippen LogP contribution is 2.15. The van der Waals surface area contributed by atoms with E-state index >= 15 is 0 Å². The van der Waals surface area contributed by atoms with Gasteiger partial charge in [-0.05, 0) is 25.5 Å². The molecule has 1 aliphatic heterocycles. The monoisotopic (exact) mass is 263 g/mol. The second kappa shape index (κ2) is 5.40. The summed E-state index contributed by atoms with van der Waals surface area (Å²) in [5.74, 6) is -1.16. The lowest BCUT2D eigenvalue weighted by Gasteiger charge is -2.31. The van der Waals surface area contributed by atoms with Gasteiger partial charge in [-0.2, -0.15) is 0 Å². The van der Waals surface area contributed by atoms with Gasteiger partial charge in [0.2, 0.25) is 0 Å². The fourth-order valence-electron chi connectivity index (χ4n) is 2.21. The maximum Gasteiger partial charge on any atom is 0.334 e. The zero-order valence-corrected chi connectivity index (χ0v) is 11.0. The molecule has 1 atom stereocenters. The van der Waals surface area contributed by atoms with Crippen molar-refractivity contribution in [3.05, 3.63) is 34.9 Å². The molecule has 1 aromatic rings. The van der Waals surface area contributed by atoms with Crippen LogP contribution in [0.5, 0.6) is 0 Å². The second-order valence-electron chi connectivity index (χ2n) is 4.77. The number of benzene rings is 1. The summed E-state index contributed by atoms with van der Waals surface area (Å²) in [6.07, 6.45) is -0.927. The lowest BCUT2D eigenvalue weighted by molar-refractivity contribution is -0.154. The van der Waals surface area contributed by atoms with Gasteiger partial charge in [-0.3, -0.25) is 4.79 Å². The average Bonchev–Trinajstić information content (AvgIpc) is 2.38. The Morgan fingerprint density at radius 3 is 2.74 bits per heavy atom. The number of aliphatic carboxylic acids is 1. The summed E-state index contributed by atoms with van der Waals surface area (Å²) >= 11 is 0. The summed E-state index contributed by atoms with van der Waals surface area (Å²) in [6, 6.07) is 5.62. The van der Waals surface area contributed by atoms with Crippen LogP contribution >= 0.6 is 0 Å². The molecule has 19 heavy (non-hydrogen) atoms. The number of amides is 1. The highest BCUT2D eigenvalue weighted by Gasteiger charge is 2.29. The number of hydrogen-bond acceptors (Lipinski definition) is 3. The van der Waals surface area contributed by atoms with E-state index in [4.69, 9.17) is 9.84 Å². The molecule has 2 rings (SSSR count). The van der Waals surface area contributed by atoms with Crippen molar-refractivity contribution in [2.45, 2.75) is 20.0 Å². The summed E-state index contributed by atoms with van der Waals surface area (Å²) in [6.45, 7) is 4.64.